The monoisotopic (exact) mass is 343 g/mol. The van der Waals surface area contributed by atoms with Crippen molar-refractivity contribution in [2.24, 2.45) is 0 Å². The third-order valence-electron chi connectivity index (χ3n) is 4.45. The Morgan fingerprint density at radius 2 is 1.95 bits per heavy atom. The van der Waals surface area contributed by atoms with Gasteiger partial charge < -0.3 is 4.74 Å². The van der Waals surface area contributed by atoms with Crippen LogP contribution in [0.5, 0.6) is 5.75 Å². The zero-order chi connectivity index (χ0) is 14.2. The number of rotatable bonds is 3. The molecule has 0 aromatic heterocycles. The van der Waals surface area contributed by atoms with Gasteiger partial charge in [-0.2, -0.15) is 0 Å². The smallest absolute Gasteiger partial charge is 0.127 e. The molecule has 0 unspecified atom stereocenters. The Balaban J connectivity index is 1.45. The van der Waals surface area contributed by atoms with Gasteiger partial charge in [0.25, 0.3) is 0 Å². The molecule has 4 rings (SSSR count). The molecule has 1 fully saturated rings. The van der Waals surface area contributed by atoms with Crippen LogP contribution >= 0.6 is 15.9 Å². The van der Waals surface area contributed by atoms with E-state index in [1.807, 2.05) is 0 Å². The molecule has 2 aliphatic heterocycles. The fourth-order valence-corrected chi connectivity index (χ4v) is 3.89. The number of nitrogens with zero attached hydrogens (tertiary/aromatic N) is 1. The van der Waals surface area contributed by atoms with Gasteiger partial charge in [0.15, 0.2) is 0 Å². The molecule has 108 valence electrons. The SMILES string of the molecule is Brc1cc2c(c(CN3CC(c4ccccc4)C3)c1)OCC2. The molecule has 0 atom stereocenters. The van der Waals surface area contributed by atoms with E-state index < -0.39 is 0 Å². The van der Waals surface area contributed by atoms with E-state index in [1.54, 1.807) is 0 Å². The van der Waals surface area contributed by atoms with E-state index in [4.69, 9.17) is 4.74 Å². The Morgan fingerprint density at radius 1 is 1.14 bits per heavy atom. The van der Waals surface area contributed by atoms with Crippen molar-refractivity contribution in [3.8, 4) is 5.75 Å². The van der Waals surface area contributed by atoms with E-state index in [9.17, 15) is 0 Å². The van der Waals surface area contributed by atoms with E-state index in [0.29, 0.717) is 5.92 Å². The normalized spacial score (nSPS) is 18.1. The molecule has 2 aromatic carbocycles. The first-order valence-corrected chi connectivity index (χ1v) is 8.30. The van der Waals surface area contributed by atoms with Crippen molar-refractivity contribution in [2.75, 3.05) is 19.7 Å². The first-order valence-electron chi connectivity index (χ1n) is 7.51. The van der Waals surface area contributed by atoms with Gasteiger partial charge in [-0.25, -0.2) is 0 Å². The Kier molecular flexibility index (Phi) is 3.48. The molecular weight excluding hydrogens is 326 g/mol. The maximum Gasteiger partial charge on any atom is 0.127 e. The van der Waals surface area contributed by atoms with Crippen molar-refractivity contribution < 1.29 is 4.74 Å². The number of hydrogen-bond acceptors (Lipinski definition) is 2. The largest absolute Gasteiger partial charge is 0.493 e. The number of likely N-dealkylation sites (tertiary alicyclic amines) is 1. The molecule has 0 aliphatic carbocycles. The second-order valence-electron chi connectivity index (χ2n) is 5.95. The summed E-state index contributed by atoms with van der Waals surface area (Å²) in [7, 11) is 0. The molecule has 0 amide bonds. The van der Waals surface area contributed by atoms with Gasteiger partial charge in [0.05, 0.1) is 6.61 Å². The average molecular weight is 344 g/mol. The van der Waals surface area contributed by atoms with Gasteiger partial charge in [-0.05, 0) is 23.3 Å². The molecule has 2 aromatic rings. The van der Waals surface area contributed by atoms with Crippen LogP contribution in [0.4, 0.5) is 0 Å². The van der Waals surface area contributed by atoms with Crippen LogP contribution in [-0.4, -0.2) is 24.6 Å². The molecule has 0 spiro atoms. The molecular formula is C18H18BrNO. The minimum absolute atomic E-state index is 0.687. The quantitative estimate of drug-likeness (QED) is 0.835. The summed E-state index contributed by atoms with van der Waals surface area (Å²) in [5, 5.41) is 0. The van der Waals surface area contributed by atoms with Gasteiger partial charge in [0, 0.05) is 42.0 Å². The van der Waals surface area contributed by atoms with Crippen molar-refractivity contribution >= 4 is 15.9 Å². The summed E-state index contributed by atoms with van der Waals surface area (Å²) in [5.74, 6) is 1.81. The summed E-state index contributed by atoms with van der Waals surface area (Å²) < 4.78 is 6.99. The second-order valence-corrected chi connectivity index (χ2v) is 6.87. The minimum atomic E-state index is 0.687. The lowest BCUT2D eigenvalue weighted by Crippen LogP contribution is -2.44. The van der Waals surface area contributed by atoms with Gasteiger partial charge in [-0.15, -0.1) is 0 Å². The van der Waals surface area contributed by atoms with Crippen LogP contribution < -0.4 is 4.74 Å². The van der Waals surface area contributed by atoms with Crippen molar-refractivity contribution in [1.82, 2.24) is 4.90 Å². The summed E-state index contributed by atoms with van der Waals surface area (Å²) in [5.41, 5.74) is 4.13. The molecule has 2 aliphatic rings. The van der Waals surface area contributed by atoms with Gasteiger partial charge in [-0.1, -0.05) is 46.3 Å². The Hall–Kier alpha value is -1.32. The summed E-state index contributed by atoms with van der Waals surface area (Å²) in [6.45, 7) is 4.10. The van der Waals surface area contributed by atoms with Gasteiger partial charge in [0.2, 0.25) is 0 Å². The Morgan fingerprint density at radius 3 is 2.76 bits per heavy atom. The van der Waals surface area contributed by atoms with Crippen LogP contribution in [0.25, 0.3) is 0 Å². The number of halogens is 1. The summed E-state index contributed by atoms with van der Waals surface area (Å²) in [4.78, 5) is 2.50. The van der Waals surface area contributed by atoms with Crippen molar-refractivity contribution in [3.63, 3.8) is 0 Å². The number of benzene rings is 2. The summed E-state index contributed by atoms with van der Waals surface area (Å²) in [6.07, 6.45) is 1.04. The van der Waals surface area contributed by atoms with Crippen LogP contribution in [0.1, 0.15) is 22.6 Å². The lowest BCUT2D eigenvalue weighted by molar-refractivity contribution is 0.138. The third-order valence-corrected chi connectivity index (χ3v) is 4.91. The Bertz CT molecular complexity index is 650. The van der Waals surface area contributed by atoms with Crippen LogP contribution in [0.2, 0.25) is 0 Å². The minimum Gasteiger partial charge on any atom is -0.493 e. The van der Waals surface area contributed by atoms with E-state index in [0.717, 1.165) is 38.4 Å². The fourth-order valence-electron chi connectivity index (χ4n) is 3.34. The summed E-state index contributed by atoms with van der Waals surface area (Å²) in [6, 6.07) is 15.2. The van der Waals surface area contributed by atoms with E-state index >= 15 is 0 Å². The molecule has 2 heterocycles. The van der Waals surface area contributed by atoms with Gasteiger partial charge in [0.1, 0.15) is 5.75 Å². The van der Waals surface area contributed by atoms with E-state index in [2.05, 4.69) is 63.3 Å². The average Bonchev–Trinajstić information content (AvgIpc) is 2.91. The lowest BCUT2D eigenvalue weighted by Gasteiger charge is -2.39. The van der Waals surface area contributed by atoms with Crippen LogP contribution in [0.3, 0.4) is 0 Å². The maximum absolute atomic E-state index is 5.82. The number of fused-ring (bicyclic) bond motifs is 1. The first kappa shape index (κ1) is 13.4. The standard InChI is InChI=1S/C18H18BrNO/c19-17-8-14-6-7-21-18(14)15(9-17)10-20-11-16(12-20)13-4-2-1-3-5-13/h1-5,8-9,16H,6-7,10-12H2. The zero-order valence-electron chi connectivity index (χ0n) is 11.9. The molecule has 21 heavy (non-hydrogen) atoms. The molecule has 0 bridgehead atoms. The van der Waals surface area contributed by atoms with Crippen LogP contribution in [0, 0.1) is 0 Å². The maximum atomic E-state index is 5.82. The van der Waals surface area contributed by atoms with Gasteiger partial charge in [-0.3, -0.25) is 4.90 Å². The van der Waals surface area contributed by atoms with Crippen LogP contribution in [-0.2, 0) is 13.0 Å². The van der Waals surface area contributed by atoms with Crippen molar-refractivity contribution in [1.29, 1.82) is 0 Å². The highest BCUT2D eigenvalue weighted by Gasteiger charge is 2.29. The fraction of sp³-hybridized carbons (Fsp3) is 0.333. The Labute approximate surface area is 133 Å². The molecule has 2 nitrogen and oxygen atoms in total. The highest BCUT2D eigenvalue weighted by Crippen LogP contribution is 2.36. The highest BCUT2D eigenvalue weighted by atomic mass is 79.9. The van der Waals surface area contributed by atoms with Gasteiger partial charge >= 0.3 is 0 Å². The predicted octanol–water partition coefficient (Wildman–Crippen LogP) is 3.98. The van der Waals surface area contributed by atoms with Crippen molar-refractivity contribution in [2.45, 2.75) is 18.9 Å². The molecule has 3 heteroatoms. The number of hydrogen-bond donors (Lipinski definition) is 0. The van der Waals surface area contributed by atoms with E-state index in [1.165, 1.54) is 21.2 Å². The lowest BCUT2D eigenvalue weighted by atomic mass is 9.91. The molecule has 0 N–H and O–H groups in total. The topological polar surface area (TPSA) is 12.5 Å². The molecule has 0 radical (unpaired) electrons. The summed E-state index contributed by atoms with van der Waals surface area (Å²) >= 11 is 3.62. The van der Waals surface area contributed by atoms with E-state index in [-0.39, 0.29) is 0 Å². The number of ether oxygens (including phenoxy) is 1. The van der Waals surface area contributed by atoms with Crippen LogP contribution in [0.15, 0.2) is 46.9 Å². The molecule has 1 saturated heterocycles. The highest BCUT2D eigenvalue weighted by molar-refractivity contribution is 9.10. The second kappa shape index (κ2) is 5.47. The molecule has 0 saturated carbocycles. The first-order chi connectivity index (χ1) is 10.3. The predicted molar refractivity (Wildman–Crippen MR) is 87.8 cm³/mol. The zero-order valence-corrected chi connectivity index (χ0v) is 13.5. The third kappa shape index (κ3) is 2.60. The van der Waals surface area contributed by atoms with Crippen molar-refractivity contribution in [3.05, 3.63) is 63.6 Å².